The van der Waals surface area contributed by atoms with E-state index in [9.17, 15) is 18.0 Å². The number of amides is 1. The number of nitrogens with zero attached hydrogens (tertiary/aromatic N) is 1. The SMILES string of the molecule is CCc1c[nH]c(=O)c(C(=O)NS(=O)(=O)c2c(C)ccc3cccnc23)c1. The van der Waals surface area contributed by atoms with Gasteiger partial charge >= 0.3 is 0 Å². The summed E-state index contributed by atoms with van der Waals surface area (Å²) in [6.45, 7) is 3.48. The van der Waals surface area contributed by atoms with E-state index in [1.807, 2.05) is 11.6 Å². The maximum absolute atomic E-state index is 12.8. The third-order valence-electron chi connectivity index (χ3n) is 4.04. The number of sulfonamides is 1. The zero-order chi connectivity index (χ0) is 18.9. The number of aromatic nitrogens is 2. The first-order valence-corrected chi connectivity index (χ1v) is 9.45. The topological polar surface area (TPSA) is 109 Å². The van der Waals surface area contributed by atoms with Crippen molar-refractivity contribution < 1.29 is 13.2 Å². The molecule has 3 rings (SSSR count). The molecule has 7 nitrogen and oxygen atoms in total. The number of rotatable bonds is 4. The number of hydrogen-bond acceptors (Lipinski definition) is 5. The maximum atomic E-state index is 12.8. The van der Waals surface area contributed by atoms with Gasteiger partial charge in [-0.1, -0.05) is 25.1 Å². The quantitative estimate of drug-likeness (QED) is 0.728. The largest absolute Gasteiger partial charge is 0.328 e. The molecule has 3 aromatic rings. The zero-order valence-corrected chi connectivity index (χ0v) is 15.1. The number of H-pyrrole nitrogens is 1. The Hall–Kier alpha value is -3.00. The molecule has 0 saturated carbocycles. The molecule has 0 bridgehead atoms. The second-order valence-electron chi connectivity index (χ2n) is 5.83. The molecule has 26 heavy (non-hydrogen) atoms. The molecule has 1 aromatic carbocycles. The summed E-state index contributed by atoms with van der Waals surface area (Å²) in [5.41, 5.74) is 0.535. The Labute approximate surface area is 150 Å². The Kier molecular flexibility index (Phi) is 4.60. The molecule has 0 radical (unpaired) electrons. The molecule has 0 saturated heterocycles. The maximum Gasteiger partial charge on any atom is 0.270 e. The van der Waals surface area contributed by atoms with Gasteiger partial charge in [-0.15, -0.1) is 0 Å². The van der Waals surface area contributed by atoms with Gasteiger partial charge in [-0.2, -0.15) is 0 Å². The van der Waals surface area contributed by atoms with Gasteiger partial charge in [0.1, 0.15) is 10.5 Å². The molecular weight excluding hydrogens is 354 g/mol. The van der Waals surface area contributed by atoms with Gasteiger partial charge in [-0.25, -0.2) is 13.1 Å². The summed E-state index contributed by atoms with van der Waals surface area (Å²) >= 11 is 0. The minimum atomic E-state index is -4.22. The van der Waals surface area contributed by atoms with Crippen LogP contribution in [0.5, 0.6) is 0 Å². The molecule has 134 valence electrons. The smallest absolute Gasteiger partial charge is 0.270 e. The fraction of sp³-hybridized carbons (Fsp3) is 0.167. The van der Waals surface area contributed by atoms with Crippen molar-refractivity contribution in [1.29, 1.82) is 0 Å². The molecule has 2 heterocycles. The fourth-order valence-corrected chi connectivity index (χ4v) is 4.06. The van der Waals surface area contributed by atoms with Gasteiger partial charge in [0.25, 0.3) is 21.5 Å². The molecule has 0 aliphatic heterocycles. The van der Waals surface area contributed by atoms with Crippen molar-refractivity contribution in [3.63, 3.8) is 0 Å². The number of aromatic amines is 1. The van der Waals surface area contributed by atoms with Crippen molar-refractivity contribution in [2.75, 3.05) is 0 Å². The lowest BCUT2D eigenvalue weighted by Crippen LogP contribution is -2.35. The van der Waals surface area contributed by atoms with E-state index in [-0.39, 0.29) is 16.0 Å². The van der Waals surface area contributed by atoms with Crippen molar-refractivity contribution in [2.45, 2.75) is 25.2 Å². The monoisotopic (exact) mass is 371 g/mol. The average Bonchev–Trinajstić information content (AvgIpc) is 2.61. The van der Waals surface area contributed by atoms with E-state index in [2.05, 4.69) is 9.97 Å². The van der Waals surface area contributed by atoms with E-state index in [0.29, 0.717) is 17.4 Å². The van der Waals surface area contributed by atoms with Gasteiger partial charge in [0, 0.05) is 17.8 Å². The molecule has 0 fully saturated rings. The first-order chi connectivity index (χ1) is 12.3. The van der Waals surface area contributed by atoms with Gasteiger partial charge in [0.05, 0.1) is 5.52 Å². The van der Waals surface area contributed by atoms with E-state index in [1.165, 1.54) is 18.5 Å². The van der Waals surface area contributed by atoms with Crippen LogP contribution in [0.2, 0.25) is 0 Å². The molecule has 2 N–H and O–H groups in total. The molecule has 0 spiro atoms. The third kappa shape index (κ3) is 3.23. The number of carbonyl (C=O) groups excluding carboxylic acids is 1. The van der Waals surface area contributed by atoms with Crippen molar-refractivity contribution in [1.82, 2.24) is 14.7 Å². The molecule has 0 unspecified atom stereocenters. The molecule has 0 atom stereocenters. The van der Waals surface area contributed by atoms with Crippen LogP contribution >= 0.6 is 0 Å². The third-order valence-corrected chi connectivity index (χ3v) is 5.54. The van der Waals surface area contributed by atoms with Crippen molar-refractivity contribution in [2.24, 2.45) is 0 Å². The highest BCUT2D eigenvalue weighted by atomic mass is 32.2. The van der Waals surface area contributed by atoms with E-state index in [0.717, 1.165) is 5.56 Å². The highest BCUT2D eigenvalue weighted by Gasteiger charge is 2.25. The number of nitrogens with one attached hydrogen (secondary N) is 2. The standard InChI is InChI=1S/C18H17N3O4S/c1-3-12-9-14(17(22)20-10-12)18(23)21-26(24,25)16-11(2)6-7-13-5-4-8-19-15(13)16/h4-10H,3H2,1-2H3,(H,20,22)(H,21,23). The Morgan fingerprint density at radius 1 is 1.27 bits per heavy atom. The number of aryl methyl sites for hydroxylation is 2. The first kappa shape index (κ1) is 17.8. The van der Waals surface area contributed by atoms with Crippen LogP contribution in [0, 0.1) is 6.92 Å². The minimum absolute atomic E-state index is 0.0768. The van der Waals surface area contributed by atoms with E-state index in [1.54, 1.807) is 31.2 Å². The van der Waals surface area contributed by atoms with Gasteiger partial charge in [0.2, 0.25) is 0 Å². The number of benzene rings is 1. The molecule has 8 heteroatoms. The predicted octanol–water partition coefficient (Wildman–Crippen LogP) is 1.91. The van der Waals surface area contributed by atoms with Crippen molar-refractivity contribution in [3.05, 3.63) is 69.8 Å². The number of carbonyl (C=O) groups is 1. The summed E-state index contributed by atoms with van der Waals surface area (Å²) < 4.78 is 27.7. The molecule has 0 aliphatic carbocycles. The number of fused-ring (bicyclic) bond motifs is 1. The second-order valence-corrected chi connectivity index (χ2v) is 7.44. The summed E-state index contributed by atoms with van der Waals surface area (Å²) in [6.07, 6.45) is 3.57. The van der Waals surface area contributed by atoms with Gasteiger partial charge in [-0.05, 0) is 36.6 Å². The summed E-state index contributed by atoms with van der Waals surface area (Å²) in [4.78, 5) is 30.8. The van der Waals surface area contributed by atoms with Crippen LogP contribution in [0.15, 0.2) is 52.4 Å². The lowest BCUT2D eigenvalue weighted by molar-refractivity contribution is 0.0980. The fourth-order valence-electron chi connectivity index (χ4n) is 2.69. The highest BCUT2D eigenvalue weighted by Crippen LogP contribution is 2.24. The van der Waals surface area contributed by atoms with Crippen LogP contribution in [0.1, 0.15) is 28.4 Å². The average molecular weight is 371 g/mol. The van der Waals surface area contributed by atoms with Crippen LogP contribution < -0.4 is 10.3 Å². The lowest BCUT2D eigenvalue weighted by Gasteiger charge is -2.11. The van der Waals surface area contributed by atoms with Crippen LogP contribution in [-0.4, -0.2) is 24.3 Å². The first-order valence-electron chi connectivity index (χ1n) is 7.96. The summed E-state index contributed by atoms with van der Waals surface area (Å²) in [6, 6.07) is 8.22. The Morgan fingerprint density at radius 3 is 2.77 bits per heavy atom. The summed E-state index contributed by atoms with van der Waals surface area (Å²) in [5, 5.41) is 0.636. The van der Waals surface area contributed by atoms with Crippen molar-refractivity contribution >= 4 is 26.8 Å². The van der Waals surface area contributed by atoms with Gasteiger partial charge in [0.15, 0.2) is 0 Å². The highest BCUT2D eigenvalue weighted by molar-refractivity contribution is 7.90. The normalized spacial score (nSPS) is 11.5. The molecule has 1 amide bonds. The van der Waals surface area contributed by atoms with Crippen LogP contribution in [0.25, 0.3) is 10.9 Å². The van der Waals surface area contributed by atoms with E-state index < -0.39 is 21.5 Å². The second kappa shape index (κ2) is 6.72. The summed E-state index contributed by atoms with van der Waals surface area (Å²) in [5.74, 6) is -0.978. The molecule has 2 aromatic heterocycles. The zero-order valence-electron chi connectivity index (χ0n) is 14.2. The summed E-state index contributed by atoms with van der Waals surface area (Å²) in [7, 11) is -4.22. The van der Waals surface area contributed by atoms with Crippen LogP contribution in [-0.2, 0) is 16.4 Å². The van der Waals surface area contributed by atoms with Crippen LogP contribution in [0.4, 0.5) is 0 Å². The molecular formula is C18H17N3O4S. The number of pyridine rings is 2. The van der Waals surface area contributed by atoms with Gasteiger partial charge in [-0.3, -0.25) is 14.6 Å². The number of hydrogen-bond donors (Lipinski definition) is 2. The van der Waals surface area contributed by atoms with Crippen LogP contribution in [0.3, 0.4) is 0 Å². The Bertz CT molecular complexity index is 1170. The Morgan fingerprint density at radius 2 is 2.04 bits per heavy atom. The minimum Gasteiger partial charge on any atom is -0.328 e. The molecule has 0 aliphatic rings. The van der Waals surface area contributed by atoms with Gasteiger partial charge < -0.3 is 4.98 Å². The van der Waals surface area contributed by atoms with E-state index in [4.69, 9.17) is 0 Å². The predicted molar refractivity (Wildman–Crippen MR) is 97.6 cm³/mol. The van der Waals surface area contributed by atoms with Crippen molar-refractivity contribution in [3.8, 4) is 0 Å². The lowest BCUT2D eigenvalue weighted by atomic mass is 10.1. The Balaban J connectivity index is 2.07. The van der Waals surface area contributed by atoms with E-state index >= 15 is 0 Å².